The molecule has 4 nitrogen and oxygen atoms in total. The van der Waals surface area contributed by atoms with Gasteiger partial charge >= 0.3 is 5.97 Å². The summed E-state index contributed by atoms with van der Waals surface area (Å²) in [7, 11) is 0. The Balaban J connectivity index is 2.34. The zero-order valence-electron chi connectivity index (χ0n) is 13.2. The third-order valence-electron chi connectivity index (χ3n) is 3.76. The lowest BCUT2D eigenvalue weighted by atomic mass is 9.99. The Morgan fingerprint density at radius 1 is 1.43 bits per heavy atom. The second-order valence-corrected chi connectivity index (χ2v) is 6.25. The van der Waals surface area contributed by atoms with Crippen molar-refractivity contribution in [1.82, 2.24) is 0 Å². The first kappa shape index (κ1) is 17.5. The van der Waals surface area contributed by atoms with Gasteiger partial charge in [0.25, 0.3) is 0 Å². The summed E-state index contributed by atoms with van der Waals surface area (Å²) in [6, 6.07) is 3.94. The monoisotopic (exact) mass is 384 g/mol. The number of aliphatic hydroxyl groups is 1. The summed E-state index contributed by atoms with van der Waals surface area (Å²) >= 11 is 3.25. The minimum Gasteiger partial charge on any atom is -0.507 e. The van der Waals surface area contributed by atoms with Gasteiger partial charge in [0.05, 0.1) is 17.5 Å². The molecule has 1 atom stereocenters. The Morgan fingerprint density at radius 3 is 2.70 bits per heavy atom. The van der Waals surface area contributed by atoms with Gasteiger partial charge in [-0.2, -0.15) is 0 Å². The molecule has 0 saturated heterocycles. The van der Waals surface area contributed by atoms with E-state index in [4.69, 9.17) is 9.47 Å². The third-order valence-corrected chi connectivity index (χ3v) is 4.36. The van der Waals surface area contributed by atoms with Gasteiger partial charge in [-0.25, -0.2) is 4.39 Å². The van der Waals surface area contributed by atoms with Crippen molar-refractivity contribution in [3.8, 4) is 5.75 Å². The summed E-state index contributed by atoms with van der Waals surface area (Å²) in [6.07, 6.45) is 1.70. The van der Waals surface area contributed by atoms with E-state index >= 15 is 0 Å². The number of carbonyl (C=O) groups is 1. The fourth-order valence-corrected chi connectivity index (χ4v) is 3.02. The maximum Gasteiger partial charge on any atom is 0.310 e. The van der Waals surface area contributed by atoms with Gasteiger partial charge in [-0.15, -0.1) is 0 Å². The Hall–Kier alpha value is -1.82. The van der Waals surface area contributed by atoms with Crippen LogP contribution in [0.15, 0.2) is 40.1 Å². The van der Waals surface area contributed by atoms with Crippen molar-refractivity contribution in [1.29, 1.82) is 0 Å². The SMILES string of the molecule is CCOC(=O)Cc1ccc(F)cc1OC1(C)C(C)=CC(Br)=C1O. The quantitative estimate of drug-likeness (QED) is 0.773. The summed E-state index contributed by atoms with van der Waals surface area (Å²) < 4.78 is 24.9. The van der Waals surface area contributed by atoms with Crippen LogP contribution in [0.5, 0.6) is 5.75 Å². The minimum atomic E-state index is -1.12. The molecular weight excluding hydrogens is 367 g/mol. The van der Waals surface area contributed by atoms with E-state index in [9.17, 15) is 14.3 Å². The number of ether oxygens (including phenoxy) is 2. The first-order chi connectivity index (χ1) is 10.8. The molecule has 1 aliphatic rings. The Morgan fingerprint density at radius 2 is 2.13 bits per heavy atom. The van der Waals surface area contributed by atoms with E-state index in [0.29, 0.717) is 10.0 Å². The van der Waals surface area contributed by atoms with Crippen molar-refractivity contribution in [3.05, 3.63) is 51.5 Å². The molecule has 2 rings (SSSR count). The standard InChI is InChI=1S/C17H18BrFO4/c1-4-22-15(20)8-11-5-6-12(19)9-14(11)23-17(3)10(2)7-13(18)16(17)21/h5-7,9,21H,4,8H2,1-3H3. The van der Waals surface area contributed by atoms with Crippen LogP contribution in [0.25, 0.3) is 0 Å². The molecule has 0 heterocycles. The highest BCUT2D eigenvalue weighted by atomic mass is 79.9. The van der Waals surface area contributed by atoms with E-state index < -0.39 is 17.4 Å². The largest absolute Gasteiger partial charge is 0.507 e. The van der Waals surface area contributed by atoms with Gasteiger partial charge in [0, 0.05) is 11.6 Å². The zero-order chi connectivity index (χ0) is 17.2. The molecule has 0 aliphatic heterocycles. The molecule has 0 saturated carbocycles. The molecule has 1 aliphatic carbocycles. The fraction of sp³-hybridized carbons (Fsp3) is 0.353. The maximum absolute atomic E-state index is 13.6. The molecular formula is C17H18BrFO4. The van der Waals surface area contributed by atoms with Gasteiger partial charge in [-0.1, -0.05) is 6.07 Å². The molecule has 0 spiro atoms. The van der Waals surface area contributed by atoms with E-state index in [-0.39, 0.29) is 24.5 Å². The summed E-state index contributed by atoms with van der Waals surface area (Å²) in [6.45, 7) is 5.47. The lowest BCUT2D eigenvalue weighted by Crippen LogP contribution is -2.34. The second-order valence-electron chi connectivity index (χ2n) is 5.39. The molecule has 1 N–H and O–H groups in total. The first-order valence-electron chi connectivity index (χ1n) is 7.19. The van der Waals surface area contributed by atoms with E-state index in [2.05, 4.69) is 15.9 Å². The summed E-state index contributed by atoms with van der Waals surface area (Å²) in [5.41, 5.74) is 0.138. The van der Waals surface area contributed by atoms with Crippen molar-refractivity contribution in [3.63, 3.8) is 0 Å². The van der Waals surface area contributed by atoms with Crippen molar-refractivity contribution < 1.29 is 23.8 Å². The van der Waals surface area contributed by atoms with Crippen molar-refractivity contribution in [2.75, 3.05) is 6.61 Å². The van der Waals surface area contributed by atoms with Crippen LogP contribution in [0.1, 0.15) is 26.3 Å². The molecule has 6 heteroatoms. The Kier molecular flexibility index (Phi) is 5.14. The van der Waals surface area contributed by atoms with Crippen LogP contribution in [0.4, 0.5) is 4.39 Å². The highest BCUT2D eigenvalue weighted by Gasteiger charge is 2.40. The van der Waals surface area contributed by atoms with E-state index in [0.717, 1.165) is 5.57 Å². The summed E-state index contributed by atoms with van der Waals surface area (Å²) in [4.78, 5) is 11.7. The Labute approximate surface area is 142 Å². The number of halogens is 2. The molecule has 0 fully saturated rings. The minimum absolute atomic E-state index is 0.00125. The van der Waals surface area contributed by atoms with E-state index in [1.165, 1.54) is 18.2 Å². The lowest BCUT2D eigenvalue weighted by Gasteiger charge is -2.29. The maximum atomic E-state index is 13.6. The third kappa shape index (κ3) is 3.58. The van der Waals surface area contributed by atoms with Gasteiger partial charge in [-0.3, -0.25) is 4.79 Å². The predicted octanol–water partition coefficient (Wildman–Crippen LogP) is 4.19. The van der Waals surface area contributed by atoms with Crippen LogP contribution in [0, 0.1) is 5.82 Å². The fourth-order valence-electron chi connectivity index (χ4n) is 2.30. The van der Waals surface area contributed by atoms with Gasteiger partial charge in [0.2, 0.25) is 0 Å². The lowest BCUT2D eigenvalue weighted by molar-refractivity contribution is -0.142. The van der Waals surface area contributed by atoms with Crippen LogP contribution in [-0.4, -0.2) is 23.3 Å². The van der Waals surface area contributed by atoms with Crippen molar-refractivity contribution in [2.24, 2.45) is 0 Å². The van der Waals surface area contributed by atoms with Crippen molar-refractivity contribution in [2.45, 2.75) is 32.8 Å². The van der Waals surface area contributed by atoms with Gasteiger partial charge in [-0.05, 0) is 54.4 Å². The number of hydrogen-bond donors (Lipinski definition) is 1. The highest BCUT2D eigenvalue weighted by molar-refractivity contribution is 9.11. The van der Waals surface area contributed by atoms with Crippen LogP contribution in [0.2, 0.25) is 0 Å². The van der Waals surface area contributed by atoms with Crippen LogP contribution in [0.3, 0.4) is 0 Å². The zero-order valence-corrected chi connectivity index (χ0v) is 14.7. The second kappa shape index (κ2) is 6.74. The van der Waals surface area contributed by atoms with Crippen molar-refractivity contribution >= 4 is 21.9 Å². The van der Waals surface area contributed by atoms with Gasteiger partial charge < -0.3 is 14.6 Å². The molecule has 0 bridgehead atoms. The number of carbonyl (C=O) groups excluding carboxylic acids is 1. The molecule has 124 valence electrons. The number of rotatable bonds is 5. The normalized spacial score (nSPS) is 20.5. The number of aliphatic hydroxyl groups excluding tert-OH is 1. The van der Waals surface area contributed by atoms with Crippen LogP contribution >= 0.6 is 15.9 Å². The smallest absolute Gasteiger partial charge is 0.310 e. The molecule has 0 amide bonds. The highest BCUT2D eigenvalue weighted by Crippen LogP contribution is 2.40. The molecule has 0 aromatic heterocycles. The molecule has 1 unspecified atom stereocenters. The number of hydrogen-bond acceptors (Lipinski definition) is 4. The number of esters is 1. The topological polar surface area (TPSA) is 55.8 Å². The van der Waals surface area contributed by atoms with Crippen LogP contribution < -0.4 is 4.74 Å². The summed E-state index contributed by atoms with van der Waals surface area (Å²) in [5.74, 6) is -0.712. The Bertz CT molecular complexity index is 696. The molecule has 1 aromatic rings. The first-order valence-corrected chi connectivity index (χ1v) is 7.98. The molecule has 23 heavy (non-hydrogen) atoms. The summed E-state index contributed by atoms with van der Waals surface area (Å²) in [5, 5.41) is 10.2. The molecule has 0 radical (unpaired) electrons. The van der Waals surface area contributed by atoms with Gasteiger partial charge in [0.15, 0.2) is 11.4 Å². The average molecular weight is 385 g/mol. The number of benzene rings is 1. The predicted molar refractivity (Wildman–Crippen MR) is 88.1 cm³/mol. The molecule has 1 aromatic carbocycles. The van der Waals surface area contributed by atoms with E-state index in [1.54, 1.807) is 26.8 Å². The van der Waals surface area contributed by atoms with E-state index in [1.807, 2.05) is 0 Å². The van der Waals surface area contributed by atoms with Crippen LogP contribution in [-0.2, 0) is 16.0 Å². The number of allylic oxidation sites excluding steroid dienone is 2. The van der Waals surface area contributed by atoms with Gasteiger partial charge in [0.1, 0.15) is 11.6 Å². The average Bonchev–Trinajstić information content (AvgIpc) is 2.66.